The van der Waals surface area contributed by atoms with Crippen molar-refractivity contribution in [1.29, 1.82) is 0 Å². The molecule has 2 N–H and O–H groups in total. The zero-order valence-electron chi connectivity index (χ0n) is 11.0. The van der Waals surface area contributed by atoms with E-state index < -0.39 is 0 Å². The van der Waals surface area contributed by atoms with Crippen LogP contribution in [-0.2, 0) is 4.79 Å². The number of para-hydroxylation sites is 1. The van der Waals surface area contributed by atoms with Crippen molar-refractivity contribution in [3.63, 3.8) is 0 Å². The second kappa shape index (κ2) is 5.38. The monoisotopic (exact) mass is 296 g/mol. The van der Waals surface area contributed by atoms with E-state index in [9.17, 15) is 9.90 Å². The summed E-state index contributed by atoms with van der Waals surface area (Å²) in [5, 5.41) is 12.5. The second-order valence-corrected chi connectivity index (χ2v) is 4.94. The lowest BCUT2D eigenvalue weighted by atomic mass is 10.2. The van der Waals surface area contributed by atoms with Gasteiger partial charge in [0.15, 0.2) is 5.11 Å². The molecule has 5 heteroatoms. The van der Waals surface area contributed by atoms with Crippen LogP contribution in [0, 0.1) is 0 Å². The minimum atomic E-state index is -0.195. The molecule has 1 heterocycles. The number of aromatic hydroxyl groups is 1. The Kier molecular flexibility index (Phi) is 3.41. The minimum Gasteiger partial charge on any atom is -0.508 e. The fourth-order valence-electron chi connectivity index (χ4n) is 2.08. The molecule has 0 aliphatic carbocycles. The third kappa shape index (κ3) is 2.64. The van der Waals surface area contributed by atoms with Gasteiger partial charge in [0.2, 0.25) is 0 Å². The summed E-state index contributed by atoms with van der Waals surface area (Å²) < 4.78 is 0. The highest BCUT2D eigenvalue weighted by atomic mass is 32.1. The highest BCUT2D eigenvalue weighted by molar-refractivity contribution is 7.80. The van der Waals surface area contributed by atoms with Crippen LogP contribution < -0.4 is 10.2 Å². The largest absolute Gasteiger partial charge is 0.508 e. The predicted molar refractivity (Wildman–Crippen MR) is 85.7 cm³/mol. The van der Waals surface area contributed by atoms with Crippen molar-refractivity contribution in [3.8, 4) is 5.75 Å². The van der Waals surface area contributed by atoms with Crippen molar-refractivity contribution in [2.75, 3.05) is 4.90 Å². The van der Waals surface area contributed by atoms with Gasteiger partial charge >= 0.3 is 0 Å². The van der Waals surface area contributed by atoms with E-state index in [1.807, 2.05) is 30.3 Å². The zero-order chi connectivity index (χ0) is 14.8. The van der Waals surface area contributed by atoms with Crippen LogP contribution in [0.2, 0.25) is 0 Å². The van der Waals surface area contributed by atoms with E-state index in [0.717, 1.165) is 11.3 Å². The number of hydrogen-bond acceptors (Lipinski definition) is 3. The lowest BCUT2D eigenvalue weighted by Gasteiger charge is -2.13. The number of anilines is 1. The Bertz CT molecular complexity index is 724. The Morgan fingerprint density at radius 3 is 2.38 bits per heavy atom. The quantitative estimate of drug-likeness (QED) is 0.661. The number of carbonyl (C=O) groups excluding carboxylic acids is 1. The van der Waals surface area contributed by atoms with Gasteiger partial charge in [-0.3, -0.25) is 9.69 Å². The molecule has 0 aromatic heterocycles. The average Bonchev–Trinajstić information content (AvgIpc) is 2.77. The topological polar surface area (TPSA) is 52.6 Å². The number of carbonyl (C=O) groups is 1. The van der Waals surface area contributed by atoms with E-state index in [0.29, 0.717) is 10.8 Å². The molecule has 1 amide bonds. The smallest absolute Gasteiger partial charge is 0.281 e. The highest BCUT2D eigenvalue weighted by Gasteiger charge is 2.31. The molecule has 1 aliphatic rings. The molecule has 0 spiro atoms. The third-order valence-electron chi connectivity index (χ3n) is 3.10. The summed E-state index contributed by atoms with van der Waals surface area (Å²) in [6.07, 6.45) is 1.71. The van der Waals surface area contributed by atoms with Gasteiger partial charge < -0.3 is 10.4 Å². The molecule has 0 atom stereocenters. The summed E-state index contributed by atoms with van der Waals surface area (Å²) in [5.41, 5.74) is 1.95. The first kappa shape index (κ1) is 13.3. The average molecular weight is 296 g/mol. The standard InChI is InChI=1S/C16H12N2O2S/c19-13-8-6-11(7-9-13)10-14-15(20)18(16(21)17-14)12-4-2-1-3-5-12/h1-10,19H,(H,17,21)/b14-10-. The lowest BCUT2D eigenvalue weighted by molar-refractivity contribution is -0.113. The molecule has 0 unspecified atom stereocenters. The van der Waals surface area contributed by atoms with Crippen LogP contribution in [0.3, 0.4) is 0 Å². The fraction of sp³-hybridized carbons (Fsp3) is 0. The van der Waals surface area contributed by atoms with Crippen LogP contribution >= 0.6 is 12.2 Å². The Labute approximate surface area is 127 Å². The van der Waals surface area contributed by atoms with E-state index in [1.165, 1.54) is 4.90 Å². The van der Waals surface area contributed by atoms with Crippen LogP contribution in [0.1, 0.15) is 5.56 Å². The summed E-state index contributed by atoms with van der Waals surface area (Å²) in [6, 6.07) is 15.8. The van der Waals surface area contributed by atoms with E-state index in [1.54, 1.807) is 30.3 Å². The molecule has 4 nitrogen and oxygen atoms in total. The minimum absolute atomic E-state index is 0.185. The number of thiocarbonyl (C=S) groups is 1. The summed E-state index contributed by atoms with van der Waals surface area (Å²) in [5.74, 6) is -0.0106. The van der Waals surface area contributed by atoms with Crippen molar-refractivity contribution in [2.24, 2.45) is 0 Å². The molecule has 1 aliphatic heterocycles. The van der Waals surface area contributed by atoms with Crippen LogP contribution in [0.25, 0.3) is 6.08 Å². The highest BCUT2D eigenvalue weighted by Crippen LogP contribution is 2.22. The predicted octanol–water partition coefficient (Wildman–Crippen LogP) is 2.65. The zero-order valence-corrected chi connectivity index (χ0v) is 11.8. The molecule has 3 rings (SSSR count). The molecule has 0 bridgehead atoms. The molecule has 104 valence electrons. The van der Waals surface area contributed by atoms with Crippen molar-refractivity contribution in [2.45, 2.75) is 0 Å². The first-order valence-electron chi connectivity index (χ1n) is 6.36. The molecule has 0 saturated carbocycles. The van der Waals surface area contributed by atoms with Crippen LogP contribution in [0.4, 0.5) is 5.69 Å². The Hall–Kier alpha value is -2.66. The van der Waals surface area contributed by atoms with Crippen molar-refractivity contribution in [3.05, 3.63) is 65.9 Å². The number of benzene rings is 2. The van der Waals surface area contributed by atoms with Gasteiger partial charge in [-0.2, -0.15) is 0 Å². The molecule has 0 radical (unpaired) electrons. The first-order valence-corrected chi connectivity index (χ1v) is 6.77. The maximum absolute atomic E-state index is 12.4. The summed E-state index contributed by atoms with van der Waals surface area (Å²) in [6.45, 7) is 0. The van der Waals surface area contributed by atoms with Crippen molar-refractivity contribution in [1.82, 2.24) is 5.32 Å². The number of rotatable bonds is 2. The van der Waals surface area contributed by atoms with E-state index in [-0.39, 0.29) is 11.7 Å². The van der Waals surface area contributed by atoms with Crippen LogP contribution in [0.5, 0.6) is 5.75 Å². The van der Waals surface area contributed by atoms with Gasteiger partial charge in [-0.1, -0.05) is 30.3 Å². The summed E-state index contributed by atoms with van der Waals surface area (Å²) in [7, 11) is 0. The van der Waals surface area contributed by atoms with Crippen molar-refractivity contribution >= 4 is 35.0 Å². The van der Waals surface area contributed by atoms with E-state index in [2.05, 4.69) is 5.32 Å². The molecule has 1 fully saturated rings. The summed E-state index contributed by atoms with van der Waals surface area (Å²) >= 11 is 5.23. The molecule has 2 aromatic rings. The molecule has 1 saturated heterocycles. The molecule has 21 heavy (non-hydrogen) atoms. The van der Waals surface area contributed by atoms with Gasteiger partial charge in [0.05, 0.1) is 5.69 Å². The molecular formula is C16H12N2O2S. The van der Waals surface area contributed by atoms with Gasteiger partial charge in [0.1, 0.15) is 11.4 Å². The molecular weight excluding hydrogens is 284 g/mol. The van der Waals surface area contributed by atoms with Crippen LogP contribution in [0.15, 0.2) is 60.3 Å². The SMILES string of the molecule is O=C1/C(=C/c2ccc(O)cc2)NC(=S)N1c1ccccc1. The fourth-order valence-corrected chi connectivity index (χ4v) is 2.38. The number of hydrogen-bond donors (Lipinski definition) is 2. The van der Waals surface area contributed by atoms with E-state index >= 15 is 0 Å². The Morgan fingerprint density at radius 1 is 1.05 bits per heavy atom. The maximum Gasteiger partial charge on any atom is 0.281 e. The van der Waals surface area contributed by atoms with Gasteiger partial charge in [-0.05, 0) is 48.1 Å². The normalized spacial score (nSPS) is 16.4. The van der Waals surface area contributed by atoms with E-state index in [4.69, 9.17) is 12.2 Å². The van der Waals surface area contributed by atoms with Gasteiger partial charge in [0, 0.05) is 0 Å². The van der Waals surface area contributed by atoms with Gasteiger partial charge in [0.25, 0.3) is 5.91 Å². The lowest BCUT2D eigenvalue weighted by Crippen LogP contribution is -2.30. The molecule has 2 aromatic carbocycles. The van der Waals surface area contributed by atoms with Crippen LogP contribution in [-0.4, -0.2) is 16.1 Å². The summed E-state index contributed by atoms with van der Waals surface area (Å²) in [4.78, 5) is 13.9. The number of amides is 1. The third-order valence-corrected chi connectivity index (χ3v) is 3.38. The maximum atomic E-state index is 12.4. The second-order valence-electron chi connectivity index (χ2n) is 4.56. The number of phenols is 1. The number of nitrogens with zero attached hydrogens (tertiary/aromatic N) is 1. The van der Waals surface area contributed by atoms with Crippen molar-refractivity contribution < 1.29 is 9.90 Å². The van der Waals surface area contributed by atoms with Gasteiger partial charge in [-0.25, -0.2) is 0 Å². The Balaban J connectivity index is 1.92. The van der Waals surface area contributed by atoms with Gasteiger partial charge in [-0.15, -0.1) is 0 Å². The Morgan fingerprint density at radius 2 is 1.71 bits per heavy atom. The number of nitrogens with one attached hydrogen (secondary N) is 1. The first-order chi connectivity index (χ1) is 10.1. The number of phenolic OH excluding ortho intramolecular Hbond substituents is 1.